The average molecular weight is 292 g/mol. The molecule has 118 valence electrons. The summed E-state index contributed by atoms with van der Waals surface area (Å²) in [6.07, 6.45) is 3.16. The molecular weight excluding hydrogens is 264 g/mol. The minimum atomic E-state index is -0.454. The molecule has 4 nitrogen and oxygen atoms in total. The largest absolute Gasteiger partial charge is 0.497 e. The lowest BCUT2D eigenvalue weighted by Crippen LogP contribution is -2.47. The van der Waals surface area contributed by atoms with E-state index in [2.05, 4.69) is 17.1 Å². The zero-order valence-corrected chi connectivity index (χ0v) is 13.2. The van der Waals surface area contributed by atoms with E-state index in [-0.39, 0.29) is 0 Å². The van der Waals surface area contributed by atoms with Crippen LogP contribution < -0.4 is 10.1 Å². The number of rotatable bonds is 7. The fraction of sp³-hybridized carbons (Fsp3) is 0.647. The molecule has 1 fully saturated rings. The van der Waals surface area contributed by atoms with Gasteiger partial charge in [0.05, 0.1) is 13.2 Å². The van der Waals surface area contributed by atoms with Gasteiger partial charge in [0.2, 0.25) is 0 Å². The Bertz CT molecular complexity index is 425. The van der Waals surface area contributed by atoms with Crippen LogP contribution in [0.5, 0.6) is 5.75 Å². The van der Waals surface area contributed by atoms with Gasteiger partial charge in [-0.15, -0.1) is 0 Å². The Labute approximate surface area is 128 Å². The first-order chi connectivity index (χ1) is 10.2. The van der Waals surface area contributed by atoms with E-state index >= 15 is 0 Å². The van der Waals surface area contributed by atoms with Crippen LogP contribution in [-0.4, -0.2) is 49.3 Å². The summed E-state index contributed by atoms with van der Waals surface area (Å²) in [4.78, 5) is 2.36. The van der Waals surface area contributed by atoms with Gasteiger partial charge in [0.1, 0.15) is 5.75 Å². The summed E-state index contributed by atoms with van der Waals surface area (Å²) in [6, 6.07) is 8.28. The lowest BCUT2D eigenvalue weighted by atomic mass is 10.0. The van der Waals surface area contributed by atoms with Crippen molar-refractivity contribution in [2.75, 3.05) is 33.3 Å². The number of hydrogen-bond acceptors (Lipinski definition) is 4. The summed E-state index contributed by atoms with van der Waals surface area (Å²) in [5.74, 6) is 0.799. The number of methoxy groups -OCH3 is 1. The first-order valence-corrected chi connectivity index (χ1v) is 8.00. The minimum absolute atomic E-state index is 0.454. The number of piperidine rings is 1. The number of hydrogen-bond donors (Lipinski definition) is 2. The third kappa shape index (κ3) is 4.99. The standard InChI is InChI=1S/C17H28N2O2/c1-3-9-18-15-7-5-10-19(12-15)13-17(20)14-6-4-8-16(11-14)21-2/h4,6,8,11,15,17-18,20H,3,5,7,9-10,12-13H2,1-2H3. The summed E-state index contributed by atoms with van der Waals surface area (Å²) >= 11 is 0. The third-order valence-electron chi connectivity index (χ3n) is 4.10. The Kier molecular flexibility index (Phi) is 6.49. The Hall–Kier alpha value is -1.10. The lowest BCUT2D eigenvalue weighted by Gasteiger charge is -2.34. The van der Waals surface area contributed by atoms with Gasteiger partial charge in [0.15, 0.2) is 0 Å². The zero-order chi connectivity index (χ0) is 15.1. The molecule has 1 saturated heterocycles. The van der Waals surface area contributed by atoms with Gasteiger partial charge in [-0.25, -0.2) is 0 Å². The second-order valence-corrected chi connectivity index (χ2v) is 5.85. The molecule has 0 spiro atoms. The number of nitrogens with one attached hydrogen (secondary N) is 1. The number of β-amino-alcohol motifs (C(OH)–C–C–N with tert-alkyl or cyclic N) is 1. The molecule has 2 unspecified atom stereocenters. The molecule has 0 saturated carbocycles. The number of likely N-dealkylation sites (tertiary alicyclic amines) is 1. The van der Waals surface area contributed by atoms with E-state index in [9.17, 15) is 5.11 Å². The highest BCUT2D eigenvalue weighted by Gasteiger charge is 2.21. The molecule has 1 aromatic rings. The van der Waals surface area contributed by atoms with E-state index in [0.717, 1.165) is 30.9 Å². The van der Waals surface area contributed by atoms with Crippen LogP contribution in [0.15, 0.2) is 24.3 Å². The number of nitrogens with zero attached hydrogens (tertiary/aromatic N) is 1. The summed E-state index contributed by atoms with van der Waals surface area (Å²) in [5.41, 5.74) is 0.929. The van der Waals surface area contributed by atoms with Crippen molar-refractivity contribution < 1.29 is 9.84 Å². The fourth-order valence-electron chi connectivity index (χ4n) is 2.94. The Morgan fingerprint density at radius 1 is 1.48 bits per heavy atom. The van der Waals surface area contributed by atoms with Gasteiger partial charge in [0, 0.05) is 19.1 Å². The van der Waals surface area contributed by atoms with E-state index in [1.165, 1.54) is 19.3 Å². The van der Waals surface area contributed by atoms with Gasteiger partial charge in [-0.2, -0.15) is 0 Å². The smallest absolute Gasteiger partial charge is 0.119 e. The van der Waals surface area contributed by atoms with Gasteiger partial charge in [0.25, 0.3) is 0 Å². The first-order valence-electron chi connectivity index (χ1n) is 8.00. The summed E-state index contributed by atoms with van der Waals surface area (Å²) in [7, 11) is 1.65. The van der Waals surface area contributed by atoms with Crippen LogP contribution in [-0.2, 0) is 0 Å². The molecule has 0 bridgehead atoms. The molecular formula is C17H28N2O2. The highest BCUT2D eigenvalue weighted by molar-refractivity contribution is 5.29. The van der Waals surface area contributed by atoms with E-state index in [0.29, 0.717) is 12.6 Å². The maximum atomic E-state index is 10.4. The summed E-state index contributed by atoms with van der Waals surface area (Å²) < 4.78 is 5.22. The molecule has 2 N–H and O–H groups in total. The summed E-state index contributed by atoms with van der Waals surface area (Å²) in [5, 5.41) is 14.0. The van der Waals surface area contributed by atoms with Gasteiger partial charge < -0.3 is 15.2 Å². The number of benzene rings is 1. The van der Waals surface area contributed by atoms with Gasteiger partial charge in [-0.05, 0) is 50.0 Å². The van der Waals surface area contributed by atoms with Crippen molar-refractivity contribution in [1.82, 2.24) is 10.2 Å². The van der Waals surface area contributed by atoms with Crippen LogP contribution in [0.4, 0.5) is 0 Å². The minimum Gasteiger partial charge on any atom is -0.497 e. The molecule has 1 aromatic carbocycles. The maximum absolute atomic E-state index is 10.4. The van der Waals surface area contributed by atoms with Crippen molar-refractivity contribution in [3.63, 3.8) is 0 Å². The number of ether oxygens (including phenoxy) is 1. The van der Waals surface area contributed by atoms with Crippen LogP contribution >= 0.6 is 0 Å². The van der Waals surface area contributed by atoms with E-state index in [4.69, 9.17) is 4.74 Å². The zero-order valence-electron chi connectivity index (χ0n) is 13.2. The predicted octanol–water partition coefficient (Wildman–Crippen LogP) is 2.19. The van der Waals surface area contributed by atoms with Crippen LogP contribution in [0.2, 0.25) is 0 Å². The molecule has 0 aliphatic carbocycles. The molecule has 1 aliphatic heterocycles. The fourth-order valence-corrected chi connectivity index (χ4v) is 2.94. The monoisotopic (exact) mass is 292 g/mol. The van der Waals surface area contributed by atoms with Crippen LogP contribution in [0.3, 0.4) is 0 Å². The quantitative estimate of drug-likeness (QED) is 0.808. The molecule has 4 heteroatoms. The molecule has 0 aromatic heterocycles. The van der Waals surface area contributed by atoms with E-state index < -0.39 is 6.10 Å². The number of aliphatic hydroxyl groups excluding tert-OH is 1. The van der Waals surface area contributed by atoms with Crippen LogP contribution in [0, 0.1) is 0 Å². The second kappa shape index (κ2) is 8.37. The predicted molar refractivity (Wildman–Crippen MR) is 85.7 cm³/mol. The molecule has 0 amide bonds. The van der Waals surface area contributed by atoms with Crippen molar-refractivity contribution in [1.29, 1.82) is 0 Å². The highest BCUT2D eigenvalue weighted by atomic mass is 16.5. The topological polar surface area (TPSA) is 44.7 Å². The molecule has 1 aliphatic rings. The number of aliphatic hydroxyl groups is 1. The maximum Gasteiger partial charge on any atom is 0.119 e. The lowest BCUT2D eigenvalue weighted by molar-refractivity contribution is 0.0911. The van der Waals surface area contributed by atoms with Crippen molar-refractivity contribution >= 4 is 0 Å². The molecule has 0 radical (unpaired) electrons. The molecule has 2 rings (SSSR count). The normalized spacial score (nSPS) is 21.2. The SMILES string of the molecule is CCCNC1CCCN(CC(O)c2cccc(OC)c2)C1. The highest BCUT2D eigenvalue weighted by Crippen LogP contribution is 2.21. The Morgan fingerprint density at radius 3 is 3.10 bits per heavy atom. The van der Waals surface area contributed by atoms with Crippen molar-refractivity contribution in [2.45, 2.75) is 38.3 Å². The second-order valence-electron chi connectivity index (χ2n) is 5.85. The molecule has 2 atom stereocenters. The van der Waals surface area contributed by atoms with Crippen molar-refractivity contribution in [2.24, 2.45) is 0 Å². The van der Waals surface area contributed by atoms with Crippen molar-refractivity contribution in [3.05, 3.63) is 29.8 Å². The van der Waals surface area contributed by atoms with Crippen LogP contribution in [0.1, 0.15) is 37.9 Å². The van der Waals surface area contributed by atoms with Gasteiger partial charge in [-0.3, -0.25) is 4.90 Å². The average Bonchev–Trinajstić information content (AvgIpc) is 2.53. The third-order valence-corrected chi connectivity index (χ3v) is 4.10. The Balaban J connectivity index is 1.87. The van der Waals surface area contributed by atoms with Crippen LogP contribution in [0.25, 0.3) is 0 Å². The molecule has 21 heavy (non-hydrogen) atoms. The van der Waals surface area contributed by atoms with E-state index in [1.54, 1.807) is 7.11 Å². The summed E-state index contributed by atoms with van der Waals surface area (Å²) in [6.45, 7) is 6.07. The molecule has 1 heterocycles. The first kappa shape index (κ1) is 16.3. The van der Waals surface area contributed by atoms with Gasteiger partial charge >= 0.3 is 0 Å². The van der Waals surface area contributed by atoms with Gasteiger partial charge in [-0.1, -0.05) is 19.1 Å². The Morgan fingerprint density at radius 2 is 2.33 bits per heavy atom. The van der Waals surface area contributed by atoms with E-state index in [1.807, 2.05) is 24.3 Å². The van der Waals surface area contributed by atoms with Crippen molar-refractivity contribution in [3.8, 4) is 5.75 Å².